The molecule has 0 saturated carbocycles. The monoisotopic (exact) mass is 417 g/mol. The van der Waals surface area contributed by atoms with Crippen molar-refractivity contribution in [2.45, 2.75) is 59.1 Å². The number of rotatable bonds is 10. The minimum Gasteiger partial charge on any atom is -0.489 e. The summed E-state index contributed by atoms with van der Waals surface area (Å²) in [6.07, 6.45) is 2.96. The first-order valence-electron chi connectivity index (χ1n) is 11.3. The normalized spacial score (nSPS) is 16.7. The number of carbonyl (C=O) groups is 1. The molecule has 0 aliphatic carbocycles. The Balaban J connectivity index is 1.78. The Morgan fingerprint density at radius 3 is 2.63 bits per heavy atom. The molecule has 1 aliphatic rings. The molecule has 7 heteroatoms. The number of aliphatic imine (C=N–C) groups is 1. The highest BCUT2D eigenvalue weighted by atomic mass is 16.5. The van der Waals surface area contributed by atoms with E-state index in [1.807, 2.05) is 25.1 Å². The second-order valence-corrected chi connectivity index (χ2v) is 7.96. The maximum absolute atomic E-state index is 11.9. The largest absolute Gasteiger partial charge is 0.489 e. The molecular formula is C23H39N5O2. The summed E-state index contributed by atoms with van der Waals surface area (Å²) in [6.45, 7) is 12.7. The Bertz CT molecular complexity index is 671. The van der Waals surface area contributed by atoms with E-state index in [1.165, 1.54) is 0 Å². The number of aryl methyl sites for hydroxylation is 1. The molecule has 0 radical (unpaired) electrons. The highest BCUT2D eigenvalue weighted by molar-refractivity contribution is 5.80. The zero-order chi connectivity index (χ0) is 21.8. The van der Waals surface area contributed by atoms with Crippen molar-refractivity contribution < 1.29 is 9.53 Å². The van der Waals surface area contributed by atoms with Crippen LogP contribution in [0.3, 0.4) is 0 Å². The molecule has 1 aliphatic heterocycles. The third kappa shape index (κ3) is 8.61. The Hall–Kier alpha value is -2.28. The zero-order valence-corrected chi connectivity index (χ0v) is 19.0. The molecule has 1 saturated heterocycles. The van der Waals surface area contributed by atoms with Gasteiger partial charge < -0.3 is 20.7 Å². The standard InChI is InChI=1S/C23H39N5O2/c1-5-13-25-22(29)17-28-14-11-20(12-15-28)27-23(24-6-2)26-16-19(4)30-21-10-8-7-9-18(21)3/h7-10,19-20H,5-6,11-17H2,1-4H3,(H,25,29)(H2,24,26,27). The summed E-state index contributed by atoms with van der Waals surface area (Å²) < 4.78 is 6.04. The number of amides is 1. The molecule has 1 amide bonds. The molecule has 2 rings (SSSR count). The lowest BCUT2D eigenvalue weighted by Crippen LogP contribution is -2.50. The van der Waals surface area contributed by atoms with E-state index in [0.29, 0.717) is 19.1 Å². The Morgan fingerprint density at radius 1 is 1.23 bits per heavy atom. The second kappa shape index (κ2) is 13.1. The third-order valence-electron chi connectivity index (χ3n) is 5.14. The van der Waals surface area contributed by atoms with Crippen LogP contribution in [0.25, 0.3) is 0 Å². The fourth-order valence-corrected chi connectivity index (χ4v) is 3.43. The van der Waals surface area contributed by atoms with Crippen LogP contribution in [0.15, 0.2) is 29.3 Å². The molecule has 0 spiro atoms. The Labute approximate surface area is 181 Å². The maximum Gasteiger partial charge on any atom is 0.234 e. The van der Waals surface area contributed by atoms with Crippen molar-refractivity contribution in [2.75, 3.05) is 39.3 Å². The van der Waals surface area contributed by atoms with Crippen LogP contribution in [-0.4, -0.2) is 68.2 Å². The topological polar surface area (TPSA) is 78.0 Å². The van der Waals surface area contributed by atoms with Gasteiger partial charge in [-0.15, -0.1) is 0 Å². The molecule has 1 heterocycles. The van der Waals surface area contributed by atoms with Gasteiger partial charge in [0, 0.05) is 32.2 Å². The number of nitrogens with zero attached hydrogens (tertiary/aromatic N) is 2. The molecular weight excluding hydrogens is 378 g/mol. The smallest absolute Gasteiger partial charge is 0.234 e. The molecule has 168 valence electrons. The summed E-state index contributed by atoms with van der Waals surface area (Å²) >= 11 is 0. The number of nitrogens with one attached hydrogen (secondary N) is 3. The first-order chi connectivity index (χ1) is 14.5. The van der Waals surface area contributed by atoms with Gasteiger partial charge in [0.05, 0.1) is 13.1 Å². The quantitative estimate of drug-likeness (QED) is 0.402. The van der Waals surface area contributed by atoms with Crippen molar-refractivity contribution in [1.82, 2.24) is 20.9 Å². The third-order valence-corrected chi connectivity index (χ3v) is 5.14. The van der Waals surface area contributed by atoms with Gasteiger partial charge in [-0.2, -0.15) is 0 Å². The maximum atomic E-state index is 11.9. The average Bonchev–Trinajstić information content (AvgIpc) is 2.74. The molecule has 3 N–H and O–H groups in total. The van der Waals surface area contributed by atoms with E-state index < -0.39 is 0 Å². The van der Waals surface area contributed by atoms with Gasteiger partial charge in [0.15, 0.2) is 5.96 Å². The summed E-state index contributed by atoms with van der Waals surface area (Å²) in [4.78, 5) is 18.9. The van der Waals surface area contributed by atoms with Crippen LogP contribution in [0.5, 0.6) is 5.75 Å². The van der Waals surface area contributed by atoms with Crippen LogP contribution in [0.4, 0.5) is 0 Å². The van der Waals surface area contributed by atoms with Gasteiger partial charge in [-0.3, -0.25) is 9.69 Å². The summed E-state index contributed by atoms with van der Waals surface area (Å²) in [5.41, 5.74) is 1.13. The minimum atomic E-state index is -0.00923. The minimum absolute atomic E-state index is 0.00923. The number of piperidine rings is 1. The lowest BCUT2D eigenvalue weighted by molar-refractivity contribution is -0.122. The van der Waals surface area contributed by atoms with E-state index in [4.69, 9.17) is 9.73 Å². The van der Waals surface area contributed by atoms with Crippen molar-refractivity contribution >= 4 is 11.9 Å². The number of likely N-dealkylation sites (tertiary alicyclic amines) is 1. The van der Waals surface area contributed by atoms with Gasteiger partial charge in [-0.1, -0.05) is 25.1 Å². The van der Waals surface area contributed by atoms with Crippen LogP contribution in [-0.2, 0) is 4.79 Å². The SMILES string of the molecule is CCCNC(=O)CN1CCC(NC(=NCC(C)Oc2ccccc2C)NCC)CC1. The van der Waals surface area contributed by atoms with E-state index in [1.54, 1.807) is 0 Å². The van der Waals surface area contributed by atoms with Crippen molar-refractivity contribution in [2.24, 2.45) is 4.99 Å². The van der Waals surface area contributed by atoms with Crippen LogP contribution in [0, 0.1) is 6.92 Å². The second-order valence-electron chi connectivity index (χ2n) is 7.96. The summed E-state index contributed by atoms with van der Waals surface area (Å²) in [5.74, 6) is 1.87. The predicted molar refractivity (Wildman–Crippen MR) is 123 cm³/mol. The van der Waals surface area contributed by atoms with Gasteiger partial charge in [0.1, 0.15) is 11.9 Å². The van der Waals surface area contributed by atoms with E-state index in [9.17, 15) is 4.79 Å². The number of guanidine groups is 1. The summed E-state index contributed by atoms with van der Waals surface area (Å²) in [5, 5.41) is 9.84. The van der Waals surface area contributed by atoms with Crippen LogP contribution >= 0.6 is 0 Å². The molecule has 1 fully saturated rings. The lowest BCUT2D eigenvalue weighted by Gasteiger charge is -2.32. The first kappa shape index (κ1) is 24.0. The van der Waals surface area contributed by atoms with Crippen molar-refractivity contribution in [3.05, 3.63) is 29.8 Å². The Morgan fingerprint density at radius 2 is 1.97 bits per heavy atom. The van der Waals surface area contributed by atoms with Crippen molar-refractivity contribution in [1.29, 1.82) is 0 Å². The molecule has 30 heavy (non-hydrogen) atoms. The molecule has 1 unspecified atom stereocenters. The summed E-state index contributed by atoms with van der Waals surface area (Å²) in [6, 6.07) is 8.42. The van der Waals surface area contributed by atoms with E-state index >= 15 is 0 Å². The molecule has 0 bridgehead atoms. The Kier molecular flexibility index (Phi) is 10.5. The number of hydrogen-bond donors (Lipinski definition) is 3. The van der Waals surface area contributed by atoms with Gasteiger partial charge in [-0.25, -0.2) is 4.99 Å². The molecule has 0 aromatic heterocycles. The van der Waals surface area contributed by atoms with E-state index in [-0.39, 0.29) is 12.0 Å². The molecule has 7 nitrogen and oxygen atoms in total. The first-order valence-corrected chi connectivity index (χ1v) is 11.3. The lowest BCUT2D eigenvalue weighted by atomic mass is 10.1. The highest BCUT2D eigenvalue weighted by Crippen LogP contribution is 2.17. The molecule has 1 aromatic carbocycles. The van der Waals surface area contributed by atoms with Crippen molar-refractivity contribution in [3.63, 3.8) is 0 Å². The summed E-state index contributed by atoms with van der Waals surface area (Å²) in [7, 11) is 0. The number of hydrogen-bond acceptors (Lipinski definition) is 4. The zero-order valence-electron chi connectivity index (χ0n) is 19.0. The number of ether oxygens (including phenoxy) is 1. The fraction of sp³-hybridized carbons (Fsp3) is 0.652. The van der Waals surface area contributed by atoms with E-state index in [0.717, 1.165) is 62.7 Å². The van der Waals surface area contributed by atoms with Gasteiger partial charge >= 0.3 is 0 Å². The van der Waals surface area contributed by atoms with Crippen LogP contribution < -0.4 is 20.7 Å². The van der Waals surface area contributed by atoms with Gasteiger partial charge in [0.25, 0.3) is 0 Å². The number of para-hydroxylation sites is 1. The fourth-order valence-electron chi connectivity index (χ4n) is 3.43. The number of benzene rings is 1. The highest BCUT2D eigenvalue weighted by Gasteiger charge is 2.21. The van der Waals surface area contributed by atoms with Crippen molar-refractivity contribution in [3.8, 4) is 5.75 Å². The molecule has 1 atom stereocenters. The van der Waals surface area contributed by atoms with Crippen LogP contribution in [0.1, 0.15) is 45.6 Å². The van der Waals surface area contributed by atoms with Gasteiger partial charge in [0.2, 0.25) is 5.91 Å². The number of carbonyl (C=O) groups excluding carboxylic acids is 1. The van der Waals surface area contributed by atoms with E-state index in [2.05, 4.69) is 47.7 Å². The molecule has 1 aromatic rings. The van der Waals surface area contributed by atoms with Gasteiger partial charge in [-0.05, 0) is 51.7 Å². The average molecular weight is 418 g/mol. The van der Waals surface area contributed by atoms with Crippen LogP contribution in [0.2, 0.25) is 0 Å². The predicted octanol–water partition coefficient (Wildman–Crippen LogP) is 2.31.